The number of aromatic hydroxyl groups is 1. The van der Waals surface area contributed by atoms with Gasteiger partial charge >= 0.3 is 0 Å². The molecular formula is C18H21NO3. The van der Waals surface area contributed by atoms with Crippen LogP contribution in [0.15, 0.2) is 24.0 Å². The third kappa shape index (κ3) is 1.25. The van der Waals surface area contributed by atoms with Crippen molar-refractivity contribution in [1.29, 1.82) is 0 Å². The zero-order valence-electron chi connectivity index (χ0n) is 15.5. The fraction of sp³-hybridized carbons (Fsp3) is 0.556. The summed E-state index contributed by atoms with van der Waals surface area (Å²) in [6.07, 6.45) is 3.91. The molecule has 1 saturated heterocycles. The maximum absolute atomic E-state index is 10.4. The number of hydrogen-bond donors (Lipinski definition) is 1. The third-order valence-electron chi connectivity index (χ3n) is 6.18. The Balaban J connectivity index is 1.75. The number of likely N-dealkylation sites (tertiary alicyclic amines) is 1. The number of allylic oxidation sites excluding steroid dienone is 1. The number of rotatable bonds is 1. The molecule has 1 fully saturated rings. The van der Waals surface area contributed by atoms with E-state index in [2.05, 4.69) is 0 Å². The highest BCUT2D eigenvalue weighted by atomic mass is 16.5. The van der Waals surface area contributed by atoms with Crippen LogP contribution < -0.4 is 4.74 Å². The summed E-state index contributed by atoms with van der Waals surface area (Å²) in [7, 11) is 1.65. The van der Waals surface area contributed by atoms with Crippen LogP contribution in [-0.2, 0) is 16.6 Å². The van der Waals surface area contributed by atoms with Gasteiger partial charge in [-0.3, -0.25) is 0 Å². The van der Waals surface area contributed by atoms with E-state index in [1.807, 2.05) is 12.1 Å². The van der Waals surface area contributed by atoms with Crippen molar-refractivity contribution in [2.75, 3.05) is 20.6 Å². The van der Waals surface area contributed by atoms with Crippen LogP contribution in [0.25, 0.3) is 0 Å². The van der Waals surface area contributed by atoms with Crippen LogP contribution >= 0.6 is 0 Å². The molecule has 4 atom stereocenters. The van der Waals surface area contributed by atoms with Gasteiger partial charge in [-0.2, -0.15) is 0 Å². The molecular weight excluding hydrogens is 278 g/mol. The van der Waals surface area contributed by atoms with Gasteiger partial charge < -0.3 is 19.5 Å². The Morgan fingerprint density at radius 1 is 1.50 bits per heavy atom. The van der Waals surface area contributed by atoms with Crippen LogP contribution in [0.3, 0.4) is 0 Å². The quantitative estimate of drug-likeness (QED) is 0.863. The first-order valence-electron chi connectivity index (χ1n) is 9.40. The summed E-state index contributed by atoms with van der Waals surface area (Å²) in [6, 6.07) is 3.54. The van der Waals surface area contributed by atoms with Crippen LogP contribution in [0.5, 0.6) is 11.5 Å². The second-order valence-corrected chi connectivity index (χ2v) is 6.85. The van der Waals surface area contributed by atoms with Crippen molar-refractivity contribution in [3.63, 3.8) is 0 Å². The first-order chi connectivity index (χ1) is 11.9. The average molecular weight is 302 g/mol. The van der Waals surface area contributed by atoms with Crippen LogP contribution in [0.2, 0.25) is 0 Å². The molecule has 5 rings (SSSR count). The molecule has 2 heterocycles. The summed E-state index contributed by atoms with van der Waals surface area (Å²) in [5.74, 6) is 1.67. The molecule has 4 nitrogen and oxygen atoms in total. The van der Waals surface area contributed by atoms with E-state index in [9.17, 15) is 5.11 Å². The molecule has 4 heteroatoms. The molecule has 116 valence electrons. The summed E-state index contributed by atoms with van der Waals surface area (Å²) < 4.78 is 35.7. The first kappa shape index (κ1) is 10.2. The molecule has 2 aliphatic heterocycles. The maximum Gasteiger partial charge on any atom is 0.166 e. The minimum Gasteiger partial charge on any atom is -0.504 e. The van der Waals surface area contributed by atoms with Gasteiger partial charge in [0.2, 0.25) is 0 Å². The predicted molar refractivity (Wildman–Crippen MR) is 82.1 cm³/mol. The highest BCUT2D eigenvalue weighted by Crippen LogP contribution is 2.63. The lowest BCUT2D eigenvalue weighted by atomic mass is 9.53. The minimum atomic E-state index is -2.09. The van der Waals surface area contributed by atoms with E-state index in [-0.39, 0.29) is 29.2 Å². The van der Waals surface area contributed by atoms with E-state index in [1.54, 1.807) is 18.1 Å². The van der Waals surface area contributed by atoms with Crippen LogP contribution in [-0.4, -0.2) is 42.8 Å². The number of benzene rings is 1. The number of likely N-dealkylation sites (N-methyl/N-ethyl adjacent to an activating group) is 1. The lowest BCUT2D eigenvalue weighted by Gasteiger charge is -2.56. The van der Waals surface area contributed by atoms with Gasteiger partial charge in [0.25, 0.3) is 0 Å². The van der Waals surface area contributed by atoms with Gasteiger partial charge in [0.05, 0.1) is 7.11 Å². The molecule has 4 aliphatic rings. The highest BCUT2D eigenvalue weighted by Gasteiger charge is 2.64. The lowest BCUT2D eigenvalue weighted by molar-refractivity contribution is -0.0267. The number of piperidine rings is 1. The molecule has 1 unspecified atom stereocenters. The molecule has 1 aromatic rings. The van der Waals surface area contributed by atoms with Crippen LogP contribution in [0.1, 0.15) is 28.1 Å². The largest absolute Gasteiger partial charge is 0.504 e. The predicted octanol–water partition coefficient (Wildman–Crippen LogP) is 2.20. The Bertz CT molecular complexity index is 791. The van der Waals surface area contributed by atoms with Crippen molar-refractivity contribution >= 4 is 0 Å². The smallest absolute Gasteiger partial charge is 0.166 e. The normalized spacial score (nSPS) is 40.7. The number of phenols is 1. The highest BCUT2D eigenvalue weighted by molar-refractivity contribution is 5.61. The van der Waals surface area contributed by atoms with Crippen molar-refractivity contribution in [1.82, 2.24) is 4.90 Å². The van der Waals surface area contributed by atoms with Gasteiger partial charge in [0.1, 0.15) is 5.76 Å². The molecule has 1 aromatic carbocycles. The van der Waals surface area contributed by atoms with E-state index < -0.39 is 6.98 Å². The van der Waals surface area contributed by atoms with Crippen molar-refractivity contribution in [2.45, 2.75) is 36.8 Å². The summed E-state index contributed by atoms with van der Waals surface area (Å²) >= 11 is 0. The van der Waals surface area contributed by atoms with Crippen molar-refractivity contribution in [2.24, 2.45) is 5.92 Å². The molecule has 22 heavy (non-hydrogen) atoms. The van der Waals surface area contributed by atoms with Crippen molar-refractivity contribution in [3.8, 4) is 11.5 Å². The lowest BCUT2D eigenvalue weighted by Crippen LogP contribution is -2.63. The Kier molecular flexibility index (Phi) is 1.84. The Morgan fingerprint density at radius 2 is 2.41 bits per heavy atom. The summed E-state index contributed by atoms with van der Waals surface area (Å²) in [6.45, 7) is -1.59. The zero-order chi connectivity index (χ0) is 17.6. The van der Waals surface area contributed by atoms with Crippen LogP contribution in [0.4, 0.5) is 0 Å². The van der Waals surface area contributed by atoms with E-state index in [1.165, 1.54) is 0 Å². The van der Waals surface area contributed by atoms with Gasteiger partial charge in [-0.15, -0.1) is 0 Å². The van der Waals surface area contributed by atoms with Gasteiger partial charge in [0, 0.05) is 21.1 Å². The molecule has 2 bridgehead atoms. The van der Waals surface area contributed by atoms with Gasteiger partial charge in [-0.1, -0.05) is 6.07 Å². The molecule has 1 N–H and O–H groups in total. The third-order valence-corrected chi connectivity index (χ3v) is 6.18. The monoisotopic (exact) mass is 302 g/mol. The number of hydrogen-bond acceptors (Lipinski definition) is 4. The zero-order valence-corrected chi connectivity index (χ0v) is 12.5. The average Bonchev–Trinajstić information content (AvgIpc) is 2.90. The Morgan fingerprint density at radius 3 is 3.23 bits per heavy atom. The van der Waals surface area contributed by atoms with Gasteiger partial charge in [-0.05, 0) is 56.4 Å². The number of ether oxygens (including phenoxy) is 2. The SMILES string of the molecule is [2H]C([2H])([2H])N1CC[C@]23c4c5ccc(O)c4O[C@H]2C(OC)=CCC3[C@H]1C5. The van der Waals surface area contributed by atoms with E-state index in [0.29, 0.717) is 25.1 Å². The van der Waals surface area contributed by atoms with Gasteiger partial charge in [-0.25, -0.2) is 0 Å². The number of phenolic OH excluding ortho intramolecular Hbond substituents is 1. The Hall–Kier alpha value is -1.68. The fourth-order valence-corrected chi connectivity index (χ4v) is 5.32. The van der Waals surface area contributed by atoms with Crippen molar-refractivity contribution in [3.05, 3.63) is 35.1 Å². The van der Waals surface area contributed by atoms with E-state index in [0.717, 1.165) is 23.3 Å². The second-order valence-electron chi connectivity index (χ2n) is 6.85. The number of nitrogens with zero attached hydrogens (tertiary/aromatic N) is 1. The maximum atomic E-state index is 10.4. The molecule has 1 spiro atoms. The first-order valence-corrected chi connectivity index (χ1v) is 7.90. The summed E-state index contributed by atoms with van der Waals surface area (Å²) in [5.41, 5.74) is 1.89. The second kappa shape index (κ2) is 3.99. The van der Waals surface area contributed by atoms with Crippen LogP contribution in [0, 0.1) is 5.92 Å². The Labute approximate surface area is 134 Å². The van der Waals surface area contributed by atoms with E-state index >= 15 is 0 Å². The fourth-order valence-electron chi connectivity index (χ4n) is 5.32. The standard InChI is InChI=1S/C18H21NO3/c1-19-8-7-18-11-4-6-14(21-2)17(18)22-16-13(20)5-3-10(15(16)18)9-12(11)19/h3,5-6,11-12,17,20H,4,7-9H2,1-2H3/t11?,12-,17+,18+/m1/s1/i1D3. The number of methoxy groups -OCH3 is 1. The molecule has 0 aromatic heterocycles. The summed E-state index contributed by atoms with van der Waals surface area (Å²) in [5, 5.41) is 10.4. The summed E-state index contributed by atoms with van der Waals surface area (Å²) in [4.78, 5) is 1.69. The minimum absolute atomic E-state index is 0.0509. The topological polar surface area (TPSA) is 41.9 Å². The molecule has 0 amide bonds. The van der Waals surface area contributed by atoms with Crippen molar-refractivity contribution < 1.29 is 18.7 Å². The van der Waals surface area contributed by atoms with E-state index in [4.69, 9.17) is 13.6 Å². The van der Waals surface area contributed by atoms with Gasteiger partial charge in [0.15, 0.2) is 17.6 Å². The molecule has 2 aliphatic carbocycles. The molecule has 0 radical (unpaired) electrons. The molecule has 0 saturated carbocycles.